The van der Waals surface area contributed by atoms with Gasteiger partial charge in [0.05, 0.1) is 6.61 Å². The Hall–Kier alpha value is -1.51. The van der Waals surface area contributed by atoms with Crippen molar-refractivity contribution in [2.24, 2.45) is 0 Å². The molecule has 1 heterocycles. The van der Waals surface area contributed by atoms with Crippen LogP contribution in [-0.2, 0) is 10.1 Å². The lowest BCUT2D eigenvalue weighted by Crippen LogP contribution is -2.19. The highest BCUT2D eigenvalue weighted by Crippen LogP contribution is 2.34. The molecule has 106 valence electrons. The summed E-state index contributed by atoms with van der Waals surface area (Å²) in [5.41, 5.74) is -0.356. The van der Waals surface area contributed by atoms with Gasteiger partial charge in [-0.05, 0) is 13.0 Å². The number of hydrogen-bond donors (Lipinski definition) is 1. The molecule has 0 radical (unpaired) electrons. The van der Waals surface area contributed by atoms with E-state index in [1.54, 1.807) is 0 Å². The Kier molecular flexibility index (Phi) is 4.98. The summed E-state index contributed by atoms with van der Waals surface area (Å²) in [4.78, 5) is 14.7. The quantitative estimate of drug-likeness (QED) is 0.672. The Balaban J connectivity index is 3.22. The Morgan fingerprint density at radius 2 is 2.16 bits per heavy atom. The Bertz CT molecular complexity index is 479. The summed E-state index contributed by atoms with van der Waals surface area (Å²) in [6.45, 7) is 1.58. The standard InChI is InChI=1S/C10H9BrF3NO4/c1-2-18-9(17)6-3-5(4-11)7(16)8(15-6)19-10(12,13)14/h3,16H,2,4H2,1H3. The topological polar surface area (TPSA) is 68.7 Å². The SMILES string of the molecule is CCOC(=O)c1cc(CBr)c(O)c(OC(F)(F)F)n1. The molecule has 0 atom stereocenters. The van der Waals surface area contributed by atoms with E-state index in [9.17, 15) is 23.1 Å². The van der Waals surface area contributed by atoms with E-state index in [0.29, 0.717) is 0 Å². The molecule has 5 nitrogen and oxygen atoms in total. The Labute approximate surface area is 114 Å². The third-order valence-electron chi connectivity index (χ3n) is 1.88. The van der Waals surface area contributed by atoms with E-state index in [4.69, 9.17) is 0 Å². The average molecular weight is 344 g/mol. The molecular formula is C10H9BrF3NO4. The summed E-state index contributed by atoms with van der Waals surface area (Å²) < 4.78 is 44.6. The van der Waals surface area contributed by atoms with Gasteiger partial charge >= 0.3 is 12.3 Å². The number of aromatic nitrogens is 1. The molecule has 0 aromatic carbocycles. The van der Waals surface area contributed by atoms with Crippen LogP contribution >= 0.6 is 15.9 Å². The van der Waals surface area contributed by atoms with Crippen LogP contribution < -0.4 is 4.74 Å². The van der Waals surface area contributed by atoms with E-state index in [0.717, 1.165) is 6.07 Å². The van der Waals surface area contributed by atoms with Crippen LogP contribution in [0.15, 0.2) is 6.07 Å². The zero-order chi connectivity index (χ0) is 14.6. The summed E-state index contributed by atoms with van der Waals surface area (Å²) in [7, 11) is 0. The fourth-order valence-corrected chi connectivity index (χ4v) is 1.59. The summed E-state index contributed by atoms with van der Waals surface area (Å²) in [5, 5.41) is 9.53. The first-order valence-corrected chi connectivity index (χ1v) is 6.12. The molecule has 0 aliphatic rings. The zero-order valence-electron chi connectivity index (χ0n) is 9.62. The molecule has 0 spiro atoms. The fraction of sp³-hybridized carbons (Fsp3) is 0.400. The molecule has 9 heteroatoms. The van der Waals surface area contributed by atoms with E-state index >= 15 is 0 Å². The van der Waals surface area contributed by atoms with E-state index < -0.39 is 24.0 Å². The molecule has 0 bridgehead atoms. The van der Waals surface area contributed by atoms with Crippen molar-refractivity contribution in [2.75, 3.05) is 6.61 Å². The fourth-order valence-electron chi connectivity index (χ4n) is 1.16. The predicted octanol–water partition coefficient (Wildman–Crippen LogP) is 2.76. The number of alkyl halides is 4. The van der Waals surface area contributed by atoms with Gasteiger partial charge in [-0.15, -0.1) is 13.2 Å². The van der Waals surface area contributed by atoms with Crippen molar-refractivity contribution >= 4 is 21.9 Å². The molecule has 0 aliphatic heterocycles. The van der Waals surface area contributed by atoms with Gasteiger partial charge in [-0.3, -0.25) is 0 Å². The van der Waals surface area contributed by atoms with Crippen molar-refractivity contribution in [3.8, 4) is 11.6 Å². The number of carbonyl (C=O) groups is 1. The van der Waals surface area contributed by atoms with Crippen molar-refractivity contribution in [3.05, 3.63) is 17.3 Å². The van der Waals surface area contributed by atoms with Gasteiger partial charge in [0.15, 0.2) is 11.4 Å². The zero-order valence-corrected chi connectivity index (χ0v) is 11.2. The number of ether oxygens (including phenoxy) is 2. The molecule has 1 aromatic heterocycles. The van der Waals surface area contributed by atoms with Gasteiger partial charge < -0.3 is 14.6 Å². The summed E-state index contributed by atoms with van der Waals surface area (Å²) in [5.74, 6) is -2.79. The molecule has 0 saturated carbocycles. The highest BCUT2D eigenvalue weighted by Gasteiger charge is 2.34. The first kappa shape index (κ1) is 15.5. The normalized spacial score (nSPS) is 11.2. The summed E-state index contributed by atoms with van der Waals surface area (Å²) >= 11 is 2.97. The van der Waals surface area contributed by atoms with Crippen LogP contribution in [0.3, 0.4) is 0 Å². The van der Waals surface area contributed by atoms with E-state index in [1.165, 1.54) is 6.92 Å². The lowest BCUT2D eigenvalue weighted by atomic mass is 10.2. The van der Waals surface area contributed by atoms with Gasteiger partial charge in [-0.1, -0.05) is 15.9 Å². The smallest absolute Gasteiger partial charge is 0.503 e. The van der Waals surface area contributed by atoms with Crippen LogP contribution in [0, 0.1) is 0 Å². The van der Waals surface area contributed by atoms with Crippen LogP contribution in [0.1, 0.15) is 23.0 Å². The van der Waals surface area contributed by atoms with Crippen LogP contribution in [-0.4, -0.2) is 29.0 Å². The second kappa shape index (κ2) is 6.09. The lowest BCUT2D eigenvalue weighted by Gasteiger charge is -2.12. The minimum atomic E-state index is -5.03. The van der Waals surface area contributed by atoms with Crippen LogP contribution in [0.2, 0.25) is 0 Å². The van der Waals surface area contributed by atoms with Gasteiger partial charge in [0, 0.05) is 10.9 Å². The van der Waals surface area contributed by atoms with Crippen molar-refractivity contribution in [1.82, 2.24) is 4.98 Å². The second-order valence-electron chi connectivity index (χ2n) is 3.22. The Morgan fingerprint density at radius 3 is 2.63 bits per heavy atom. The third kappa shape index (κ3) is 4.27. The van der Waals surface area contributed by atoms with Crippen LogP contribution in [0.5, 0.6) is 11.6 Å². The molecule has 0 unspecified atom stereocenters. The number of rotatable bonds is 4. The molecule has 1 rings (SSSR count). The van der Waals surface area contributed by atoms with Crippen LogP contribution in [0.4, 0.5) is 13.2 Å². The minimum Gasteiger partial charge on any atom is -0.503 e. The van der Waals surface area contributed by atoms with Crippen LogP contribution in [0.25, 0.3) is 0 Å². The largest absolute Gasteiger partial charge is 0.574 e. The highest BCUT2D eigenvalue weighted by molar-refractivity contribution is 9.08. The van der Waals surface area contributed by atoms with E-state index in [-0.39, 0.29) is 23.2 Å². The maximum atomic E-state index is 12.1. The number of pyridine rings is 1. The number of halogens is 4. The van der Waals surface area contributed by atoms with Gasteiger partial charge in [0.1, 0.15) is 0 Å². The van der Waals surface area contributed by atoms with Gasteiger partial charge in [-0.25, -0.2) is 9.78 Å². The van der Waals surface area contributed by atoms with Gasteiger partial charge in [0.2, 0.25) is 0 Å². The van der Waals surface area contributed by atoms with E-state index in [2.05, 4.69) is 30.4 Å². The molecule has 0 aliphatic carbocycles. The lowest BCUT2D eigenvalue weighted by molar-refractivity contribution is -0.276. The first-order valence-electron chi connectivity index (χ1n) is 5.00. The maximum absolute atomic E-state index is 12.1. The van der Waals surface area contributed by atoms with E-state index in [1.807, 2.05) is 0 Å². The molecular weight excluding hydrogens is 335 g/mol. The molecule has 0 saturated heterocycles. The maximum Gasteiger partial charge on any atom is 0.574 e. The Morgan fingerprint density at radius 1 is 1.53 bits per heavy atom. The number of nitrogens with zero attached hydrogens (tertiary/aromatic N) is 1. The number of carbonyl (C=O) groups excluding carboxylic acids is 1. The minimum absolute atomic E-state index is 0.0158. The van der Waals surface area contributed by atoms with Crippen molar-refractivity contribution < 1.29 is 32.5 Å². The highest BCUT2D eigenvalue weighted by atomic mass is 79.9. The first-order chi connectivity index (χ1) is 8.78. The molecule has 0 fully saturated rings. The van der Waals surface area contributed by atoms with Crippen molar-refractivity contribution in [3.63, 3.8) is 0 Å². The molecule has 0 amide bonds. The second-order valence-corrected chi connectivity index (χ2v) is 3.78. The number of esters is 1. The monoisotopic (exact) mass is 343 g/mol. The number of hydrogen-bond acceptors (Lipinski definition) is 5. The number of aromatic hydroxyl groups is 1. The predicted molar refractivity (Wildman–Crippen MR) is 61.2 cm³/mol. The van der Waals surface area contributed by atoms with Crippen molar-refractivity contribution in [1.29, 1.82) is 0 Å². The molecule has 1 aromatic rings. The van der Waals surface area contributed by atoms with Crippen molar-refractivity contribution in [2.45, 2.75) is 18.6 Å². The summed E-state index contributed by atoms with van der Waals surface area (Å²) in [6, 6.07) is 1.12. The molecule has 1 N–H and O–H groups in total. The summed E-state index contributed by atoms with van der Waals surface area (Å²) in [6.07, 6.45) is -5.03. The third-order valence-corrected chi connectivity index (χ3v) is 2.48. The average Bonchev–Trinajstić information content (AvgIpc) is 2.30. The molecule has 19 heavy (non-hydrogen) atoms. The van der Waals surface area contributed by atoms with Gasteiger partial charge in [0.25, 0.3) is 5.88 Å². The van der Waals surface area contributed by atoms with Gasteiger partial charge in [-0.2, -0.15) is 0 Å².